The number of aromatic nitrogens is 2. The lowest BCUT2D eigenvalue weighted by Gasteiger charge is -2.18. The Hall–Kier alpha value is -2.23. The molecule has 0 saturated carbocycles. The van der Waals surface area contributed by atoms with Crippen LogP contribution in [0.2, 0.25) is 0 Å². The average Bonchev–Trinajstić information content (AvgIpc) is 2.98. The molecule has 9 heteroatoms. The molecule has 1 N–H and O–H groups in total. The van der Waals surface area contributed by atoms with Crippen LogP contribution < -0.4 is 5.32 Å². The van der Waals surface area contributed by atoms with Gasteiger partial charge in [0, 0.05) is 19.6 Å². The predicted octanol–water partition coefficient (Wildman–Crippen LogP) is 0.688. The van der Waals surface area contributed by atoms with Crippen LogP contribution in [0, 0.1) is 0 Å². The van der Waals surface area contributed by atoms with Gasteiger partial charge in [-0.2, -0.15) is 4.31 Å². The van der Waals surface area contributed by atoms with Crippen LogP contribution in [0.5, 0.6) is 0 Å². The summed E-state index contributed by atoms with van der Waals surface area (Å²) in [6.45, 7) is 3.39. The summed E-state index contributed by atoms with van der Waals surface area (Å²) in [6.07, 6.45) is 1.52. The van der Waals surface area contributed by atoms with E-state index in [1.54, 1.807) is 35.8 Å². The SMILES string of the molecule is CCN1Cc2c(C(=O)NCCN(C)C)ncn2-c2ccccc2S1(=O)=O. The average molecular weight is 377 g/mol. The number of amides is 1. The fraction of sp³-hybridized carbons (Fsp3) is 0.412. The van der Waals surface area contributed by atoms with Gasteiger partial charge in [-0.25, -0.2) is 13.4 Å². The van der Waals surface area contributed by atoms with E-state index in [1.165, 1.54) is 10.6 Å². The van der Waals surface area contributed by atoms with Gasteiger partial charge in [-0.3, -0.25) is 9.36 Å². The molecular formula is C17H23N5O3S. The molecule has 1 amide bonds. The molecule has 0 saturated heterocycles. The first kappa shape index (κ1) is 18.6. The highest BCUT2D eigenvalue weighted by atomic mass is 32.2. The smallest absolute Gasteiger partial charge is 0.271 e. The highest BCUT2D eigenvalue weighted by Crippen LogP contribution is 2.30. The lowest BCUT2D eigenvalue weighted by Crippen LogP contribution is -2.33. The molecule has 1 aromatic heterocycles. The fourth-order valence-electron chi connectivity index (χ4n) is 2.95. The monoisotopic (exact) mass is 377 g/mol. The third-order valence-electron chi connectivity index (χ3n) is 4.35. The van der Waals surface area contributed by atoms with E-state index in [4.69, 9.17) is 0 Å². The predicted molar refractivity (Wildman–Crippen MR) is 97.7 cm³/mol. The standard InChI is InChI=1S/C17H23N5O3S/c1-4-21-11-14-16(17(23)18-9-10-20(2)3)19-12-22(14)13-7-5-6-8-15(13)26(21,24)25/h5-8,12H,4,9-11H2,1-3H3,(H,18,23). The molecule has 2 heterocycles. The van der Waals surface area contributed by atoms with E-state index >= 15 is 0 Å². The van der Waals surface area contributed by atoms with Gasteiger partial charge >= 0.3 is 0 Å². The lowest BCUT2D eigenvalue weighted by atomic mass is 10.2. The minimum atomic E-state index is -3.63. The summed E-state index contributed by atoms with van der Waals surface area (Å²) < 4.78 is 28.9. The minimum Gasteiger partial charge on any atom is -0.349 e. The zero-order valence-corrected chi connectivity index (χ0v) is 16.0. The number of imidazole rings is 1. The Balaban J connectivity index is 2.04. The topological polar surface area (TPSA) is 87.5 Å². The van der Waals surface area contributed by atoms with E-state index in [0.29, 0.717) is 31.0 Å². The summed E-state index contributed by atoms with van der Waals surface area (Å²) in [5.74, 6) is -0.298. The van der Waals surface area contributed by atoms with Crippen molar-refractivity contribution in [1.29, 1.82) is 0 Å². The molecule has 140 valence electrons. The molecule has 1 aromatic carbocycles. The molecule has 26 heavy (non-hydrogen) atoms. The van der Waals surface area contributed by atoms with Crippen LogP contribution in [0.15, 0.2) is 35.5 Å². The number of hydrogen-bond acceptors (Lipinski definition) is 5. The first-order valence-electron chi connectivity index (χ1n) is 8.45. The largest absolute Gasteiger partial charge is 0.349 e. The molecule has 0 radical (unpaired) electrons. The van der Waals surface area contributed by atoms with Gasteiger partial charge in [0.2, 0.25) is 10.0 Å². The van der Waals surface area contributed by atoms with Gasteiger partial charge in [0.05, 0.1) is 17.9 Å². The quantitative estimate of drug-likeness (QED) is 0.828. The Morgan fingerprint density at radius 3 is 2.73 bits per heavy atom. The zero-order valence-electron chi connectivity index (χ0n) is 15.1. The first-order chi connectivity index (χ1) is 12.4. The number of para-hydroxylation sites is 1. The second-order valence-electron chi connectivity index (χ2n) is 6.37. The summed E-state index contributed by atoms with van der Waals surface area (Å²) in [7, 11) is 0.221. The van der Waals surface area contributed by atoms with Crippen LogP contribution in [0.25, 0.3) is 5.69 Å². The van der Waals surface area contributed by atoms with Gasteiger partial charge in [-0.15, -0.1) is 0 Å². The lowest BCUT2D eigenvalue weighted by molar-refractivity contribution is 0.0945. The molecule has 0 spiro atoms. The Morgan fingerprint density at radius 2 is 2.04 bits per heavy atom. The van der Waals surface area contributed by atoms with E-state index in [2.05, 4.69) is 10.3 Å². The van der Waals surface area contributed by atoms with Crippen molar-refractivity contribution in [2.24, 2.45) is 0 Å². The van der Waals surface area contributed by atoms with E-state index in [9.17, 15) is 13.2 Å². The van der Waals surface area contributed by atoms with Crippen molar-refractivity contribution in [3.63, 3.8) is 0 Å². The number of fused-ring (bicyclic) bond motifs is 3. The van der Waals surface area contributed by atoms with Crippen molar-refractivity contribution < 1.29 is 13.2 Å². The van der Waals surface area contributed by atoms with Crippen LogP contribution in [-0.4, -0.2) is 66.8 Å². The molecule has 0 atom stereocenters. The van der Waals surface area contributed by atoms with Crippen molar-refractivity contribution in [2.45, 2.75) is 18.4 Å². The third kappa shape index (κ3) is 3.25. The maximum Gasteiger partial charge on any atom is 0.271 e. The number of nitrogens with one attached hydrogen (secondary N) is 1. The Kier molecular flexibility index (Phi) is 5.12. The number of carbonyl (C=O) groups excluding carboxylic acids is 1. The Bertz CT molecular complexity index is 920. The van der Waals surface area contributed by atoms with Crippen molar-refractivity contribution in [3.05, 3.63) is 42.0 Å². The van der Waals surface area contributed by atoms with Crippen molar-refractivity contribution in [3.8, 4) is 5.69 Å². The van der Waals surface area contributed by atoms with Crippen molar-refractivity contribution >= 4 is 15.9 Å². The minimum absolute atomic E-state index is 0.101. The van der Waals surface area contributed by atoms with Crippen LogP contribution >= 0.6 is 0 Å². The van der Waals surface area contributed by atoms with Gasteiger partial charge in [0.1, 0.15) is 11.2 Å². The van der Waals surface area contributed by atoms with Crippen molar-refractivity contribution in [1.82, 2.24) is 24.1 Å². The number of sulfonamides is 1. The highest BCUT2D eigenvalue weighted by Gasteiger charge is 2.33. The normalized spacial score (nSPS) is 16.0. The van der Waals surface area contributed by atoms with Gasteiger partial charge in [0.15, 0.2) is 5.69 Å². The van der Waals surface area contributed by atoms with Crippen LogP contribution in [0.1, 0.15) is 23.1 Å². The van der Waals surface area contributed by atoms with Crippen LogP contribution in [0.3, 0.4) is 0 Å². The van der Waals surface area contributed by atoms with Crippen LogP contribution in [-0.2, 0) is 16.6 Å². The van der Waals surface area contributed by atoms with Gasteiger partial charge in [-0.05, 0) is 26.2 Å². The van der Waals surface area contributed by atoms with Gasteiger partial charge in [0.25, 0.3) is 5.91 Å². The van der Waals surface area contributed by atoms with Crippen molar-refractivity contribution in [2.75, 3.05) is 33.7 Å². The number of likely N-dealkylation sites (N-methyl/N-ethyl adjacent to an activating group) is 1. The summed E-state index contributed by atoms with van der Waals surface area (Å²) in [5.41, 5.74) is 1.34. The molecule has 1 aliphatic heterocycles. The number of carbonyl (C=O) groups is 1. The fourth-order valence-corrected chi connectivity index (χ4v) is 4.54. The molecule has 0 unspecified atom stereocenters. The van der Waals surface area contributed by atoms with E-state index in [0.717, 1.165) is 0 Å². The molecule has 2 aromatic rings. The number of hydrogen-bond donors (Lipinski definition) is 1. The second kappa shape index (κ2) is 7.18. The third-order valence-corrected chi connectivity index (χ3v) is 6.32. The number of nitrogens with zero attached hydrogens (tertiary/aromatic N) is 4. The summed E-state index contributed by atoms with van der Waals surface area (Å²) in [5, 5.41) is 2.84. The van der Waals surface area contributed by atoms with Crippen LogP contribution in [0.4, 0.5) is 0 Å². The molecule has 8 nitrogen and oxygen atoms in total. The summed E-state index contributed by atoms with van der Waals surface area (Å²) in [6, 6.07) is 6.78. The maximum atomic E-state index is 12.9. The van der Waals surface area contributed by atoms with Gasteiger partial charge < -0.3 is 10.2 Å². The summed E-state index contributed by atoms with van der Waals surface area (Å²) >= 11 is 0. The maximum absolute atomic E-state index is 12.9. The molecule has 0 bridgehead atoms. The number of rotatable bonds is 5. The Labute approximate surface area is 153 Å². The molecular weight excluding hydrogens is 354 g/mol. The van der Waals surface area contributed by atoms with E-state index in [1.807, 2.05) is 19.0 Å². The second-order valence-corrected chi connectivity index (χ2v) is 8.27. The highest BCUT2D eigenvalue weighted by molar-refractivity contribution is 7.89. The van der Waals surface area contributed by atoms with Gasteiger partial charge in [-0.1, -0.05) is 19.1 Å². The Morgan fingerprint density at radius 1 is 1.31 bits per heavy atom. The van der Waals surface area contributed by atoms with E-state index in [-0.39, 0.29) is 23.0 Å². The summed E-state index contributed by atoms with van der Waals surface area (Å²) in [4.78, 5) is 19.0. The first-order valence-corrected chi connectivity index (χ1v) is 9.89. The zero-order chi connectivity index (χ0) is 18.9. The molecule has 0 fully saturated rings. The molecule has 1 aliphatic rings. The van der Waals surface area contributed by atoms with E-state index < -0.39 is 10.0 Å². The number of benzene rings is 1. The molecule has 3 rings (SSSR count). The molecule has 0 aliphatic carbocycles.